The molecule has 0 radical (unpaired) electrons. The van der Waals surface area contributed by atoms with E-state index in [1.807, 2.05) is 0 Å². The van der Waals surface area contributed by atoms with Gasteiger partial charge in [-0.25, -0.2) is 0 Å². The van der Waals surface area contributed by atoms with Crippen molar-refractivity contribution >= 4 is 5.78 Å². The van der Waals surface area contributed by atoms with Crippen molar-refractivity contribution in [2.75, 3.05) is 0 Å². The molecule has 0 aromatic rings. The number of hydrogen-bond acceptors (Lipinski definition) is 1. The molecule has 1 nitrogen and oxygen atoms in total. The normalized spacial score (nSPS) is 44.2. The Balaban J connectivity index is 2.07. The fourth-order valence-corrected chi connectivity index (χ4v) is 3.32. The average molecular weight is 166 g/mol. The van der Waals surface area contributed by atoms with Crippen LogP contribution in [0.3, 0.4) is 0 Å². The lowest BCUT2D eigenvalue weighted by Crippen LogP contribution is -2.16. The molecule has 0 amide bonds. The number of Topliss-reactive ketones (excluding diaryl/α,β-unsaturated/α-hetero) is 1. The standard InChI is InChI=1S/C11H18O/c1-3-5-10(12)11-7-4-6-9(11)8(11)2/h8-9H,3-7H2,1-2H3. The summed E-state index contributed by atoms with van der Waals surface area (Å²) < 4.78 is 0. The maximum absolute atomic E-state index is 11.8. The number of rotatable bonds is 3. The molecule has 2 aliphatic carbocycles. The molecule has 2 fully saturated rings. The first-order chi connectivity index (χ1) is 5.73. The van der Waals surface area contributed by atoms with Gasteiger partial charge in [0.05, 0.1) is 0 Å². The molecule has 0 saturated heterocycles. The summed E-state index contributed by atoms with van der Waals surface area (Å²) in [6.07, 6.45) is 5.65. The van der Waals surface area contributed by atoms with Crippen LogP contribution in [-0.2, 0) is 4.79 Å². The lowest BCUT2D eigenvalue weighted by molar-refractivity contribution is -0.124. The predicted octanol–water partition coefficient (Wildman–Crippen LogP) is 2.79. The smallest absolute Gasteiger partial charge is 0.139 e. The molecule has 0 aliphatic heterocycles. The zero-order valence-corrected chi connectivity index (χ0v) is 8.10. The van der Waals surface area contributed by atoms with E-state index >= 15 is 0 Å². The molecule has 2 rings (SSSR count). The van der Waals surface area contributed by atoms with Crippen LogP contribution in [0.1, 0.15) is 46.0 Å². The predicted molar refractivity (Wildman–Crippen MR) is 48.9 cm³/mol. The molecular weight excluding hydrogens is 148 g/mol. The summed E-state index contributed by atoms with van der Waals surface area (Å²) in [6, 6.07) is 0. The highest BCUT2D eigenvalue weighted by atomic mass is 16.1. The van der Waals surface area contributed by atoms with E-state index in [9.17, 15) is 4.79 Å². The van der Waals surface area contributed by atoms with Crippen LogP contribution in [-0.4, -0.2) is 5.78 Å². The first-order valence-corrected chi connectivity index (χ1v) is 5.26. The van der Waals surface area contributed by atoms with Crippen molar-refractivity contribution < 1.29 is 4.79 Å². The second-order valence-corrected chi connectivity index (χ2v) is 4.50. The Hall–Kier alpha value is -0.330. The van der Waals surface area contributed by atoms with Gasteiger partial charge in [0.25, 0.3) is 0 Å². The van der Waals surface area contributed by atoms with Crippen LogP contribution in [0.25, 0.3) is 0 Å². The van der Waals surface area contributed by atoms with Crippen LogP contribution in [0.5, 0.6) is 0 Å². The molecule has 68 valence electrons. The number of fused-ring (bicyclic) bond motifs is 1. The molecule has 0 bridgehead atoms. The summed E-state index contributed by atoms with van der Waals surface area (Å²) in [4.78, 5) is 11.8. The lowest BCUT2D eigenvalue weighted by Gasteiger charge is -2.10. The van der Waals surface area contributed by atoms with Gasteiger partial charge < -0.3 is 0 Å². The van der Waals surface area contributed by atoms with Gasteiger partial charge in [-0.1, -0.05) is 20.3 Å². The SMILES string of the molecule is CCCC(=O)C12CCCC1C2C. The zero-order chi connectivity index (χ0) is 8.77. The largest absolute Gasteiger partial charge is 0.299 e. The Labute approximate surface area is 74.5 Å². The van der Waals surface area contributed by atoms with E-state index in [-0.39, 0.29) is 5.41 Å². The number of ketones is 1. The van der Waals surface area contributed by atoms with Gasteiger partial charge in [-0.2, -0.15) is 0 Å². The van der Waals surface area contributed by atoms with E-state index in [2.05, 4.69) is 13.8 Å². The van der Waals surface area contributed by atoms with Gasteiger partial charge in [-0.3, -0.25) is 4.79 Å². The highest BCUT2D eigenvalue weighted by Gasteiger charge is 2.67. The second-order valence-electron chi connectivity index (χ2n) is 4.50. The topological polar surface area (TPSA) is 17.1 Å². The average Bonchev–Trinajstić information content (AvgIpc) is 2.49. The Morgan fingerprint density at radius 2 is 2.33 bits per heavy atom. The summed E-state index contributed by atoms with van der Waals surface area (Å²) >= 11 is 0. The number of carbonyl (C=O) groups is 1. The number of carbonyl (C=O) groups excluding carboxylic acids is 1. The van der Waals surface area contributed by atoms with Crippen molar-refractivity contribution in [2.45, 2.75) is 46.0 Å². The van der Waals surface area contributed by atoms with Crippen molar-refractivity contribution in [1.82, 2.24) is 0 Å². The molecule has 1 heteroatoms. The molecular formula is C11H18O. The summed E-state index contributed by atoms with van der Waals surface area (Å²) in [7, 11) is 0. The Morgan fingerprint density at radius 1 is 1.58 bits per heavy atom. The van der Waals surface area contributed by atoms with Crippen LogP contribution in [0.15, 0.2) is 0 Å². The summed E-state index contributed by atoms with van der Waals surface area (Å²) in [5.74, 6) is 2.06. The van der Waals surface area contributed by atoms with E-state index < -0.39 is 0 Å². The van der Waals surface area contributed by atoms with Gasteiger partial charge >= 0.3 is 0 Å². The van der Waals surface area contributed by atoms with Crippen LogP contribution >= 0.6 is 0 Å². The van der Waals surface area contributed by atoms with E-state index in [0.29, 0.717) is 11.7 Å². The Bertz CT molecular complexity index is 209. The maximum Gasteiger partial charge on any atom is 0.139 e. The van der Waals surface area contributed by atoms with Crippen LogP contribution in [0.4, 0.5) is 0 Å². The van der Waals surface area contributed by atoms with Crippen LogP contribution in [0.2, 0.25) is 0 Å². The van der Waals surface area contributed by atoms with Crippen molar-refractivity contribution in [1.29, 1.82) is 0 Å². The highest BCUT2D eigenvalue weighted by molar-refractivity contribution is 5.89. The minimum Gasteiger partial charge on any atom is -0.299 e. The first-order valence-electron chi connectivity index (χ1n) is 5.26. The van der Waals surface area contributed by atoms with Gasteiger partial charge in [-0.15, -0.1) is 0 Å². The minimum absolute atomic E-state index is 0.190. The van der Waals surface area contributed by atoms with Crippen molar-refractivity contribution in [3.05, 3.63) is 0 Å². The first kappa shape index (κ1) is 8.28. The Kier molecular flexibility index (Phi) is 1.78. The van der Waals surface area contributed by atoms with Crippen molar-refractivity contribution in [3.63, 3.8) is 0 Å². The quantitative estimate of drug-likeness (QED) is 0.630. The fraction of sp³-hybridized carbons (Fsp3) is 0.909. The molecule has 0 aromatic heterocycles. The molecule has 0 N–H and O–H groups in total. The van der Waals surface area contributed by atoms with Gasteiger partial charge in [0.15, 0.2) is 0 Å². The molecule has 2 saturated carbocycles. The molecule has 2 aliphatic rings. The van der Waals surface area contributed by atoms with Gasteiger partial charge in [0.2, 0.25) is 0 Å². The molecule has 3 atom stereocenters. The lowest BCUT2D eigenvalue weighted by atomic mass is 9.92. The van der Waals surface area contributed by atoms with Crippen molar-refractivity contribution in [2.24, 2.45) is 17.3 Å². The fourth-order valence-electron chi connectivity index (χ4n) is 3.32. The van der Waals surface area contributed by atoms with E-state index in [0.717, 1.165) is 18.8 Å². The van der Waals surface area contributed by atoms with Crippen molar-refractivity contribution in [3.8, 4) is 0 Å². The molecule has 0 spiro atoms. The van der Waals surface area contributed by atoms with E-state index in [1.54, 1.807) is 0 Å². The van der Waals surface area contributed by atoms with Crippen LogP contribution < -0.4 is 0 Å². The maximum atomic E-state index is 11.8. The van der Waals surface area contributed by atoms with E-state index in [1.165, 1.54) is 19.3 Å². The zero-order valence-electron chi connectivity index (χ0n) is 8.10. The summed E-state index contributed by atoms with van der Waals surface area (Å²) in [6.45, 7) is 4.36. The second kappa shape index (κ2) is 2.58. The minimum atomic E-state index is 0.190. The third kappa shape index (κ3) is 0.826. The van der Waals surface area contributed by atoms with Crippen LogP contribution in [0, 0.1) is 17.3 Å². The van der Waals surface area contributed by atoms with Gasteiger partial charge in [-0.05, 0) is 31.1 Å². The summed E-state index contributed by atoms with van der Waals surface area (Å²) in [5, 5.41) is 0. The summed E-state index contributed by atoms with van der Waals surface area (Å²) in [5.41, 5.74) is 0.190. The molecule has 0 heterocycles. The van der Waals surface area contributed by atoms with Gasteiger partial charge in [0.1, 0.15) is 5.78 Å². The van der Waals surface area contributed by atoms with E-state index in [4.69, 9.17) is 0 Å². The third-order valence-corrected chi connectivity index (χ3v) is 4.07. The Morgan fingerprint density at radius 3 is 2.83 bits per heavy atom. The monoisotopic (exact) mass is 166 g/mol. The molecule has 3 unspecified atom stereocenters. The van der Waals surface area contributed by atoms with Gasteiger partial charge in [0, 0.05) is 11.8 Å². The highest BCUT2D eigenvalue weighted by Crippen LogP contribution is 2.68. The third-order valence-electron chi connectivity index (χ3n) is 4.07. The molecule has 12 heavy (non-hydrogen) atoms. The molecule has 0 aromatic carbocycles. The number of hydrogen-bond donors (Lipinski definition) is 0.